The molecule has 1 heterocycles. The van der Waals surface area contributed by atoms with Crippen molar-refractivity contribution in [3.63, 3.8) is 0 Å². The number of unbranched alkanes of at least 4 members (excludes halogenated alkanes) is 3. The van der Waals surface area contributed by atoms with Crippen molar-refractivity contribution in [1.29, 1.82) is 0 Å². The molecular weight excluding hydrogens is 611 g/mol. The molecule has 0 saturated carbocycles. The Balaban J connectivity index is 3.56. The number of hydrogen-bond acceptors (Lipinski definition) is 4. The minimum absolute atomic E-state index is 0.0378. The molecule has 252 valence electrons. The maximum Gasteiger partial charge on any atom is 0.460 e. The van der Waals surface area contributed by atoms with Crippen molar-refractivity contribution in [2.24, 2.45) is 0 Å². The zero-order valence-electron chi connectivity index (χ0n) is 23.4. The summed E-state index contributed by atoms with van der Waals surface area (Å²) in [4.78, 5) is 0. The van der Waals surface area contributed by atoms with Gasteiger partial charge in [-0.1, -0.05) is 40.0 Å². The van der Waals surface area contributed by atoms with Crippen molar-refractivity contribution in [3.8, 4) is 0 Å². The van der Waals surface area contributed by atoms with Crippen molar-refractivity contribution in [1.82, 2.24) is 0 Å². The zero-order valence-corrected chi connectivity index (χ0v) is 23.4. The van der Waals surface area contributed by atoms with Crippen LogP contribution in [0.15, 0.2) is 0 Å². The summed E-state index contributed by atoms with van der Waals surface area (Å²) >= 11 is 0. The summed E-state index contributed by atoms with van der Waals surface area (Å²) in [5, 5.41) is 0. The van der Waals surface area contributed by atoms with E-state index in [2.05, 4.69) is 0 Å². The van der Waals surface area contributed by atoms with Crippen LogP contribution in [-0.4, -0.2) is 73.8 Å². The lowest BCUT2D eigenvalue weighted by molar-refractivity contribution is -0.464. The summed E-state index contributed by atoms with van der Waals surface area (Å²) in [6, 6.07) is 0. The third kappa shape index (κ3) is 7.41. The number of ether oxygens (including phenoxy) is 4. The average molecular weight is 649 g/mol. The lowest BCUT2D eigenvalue weighted by Gasteiger charge is -2.51. The predicted octanol–water partition coefficient (Wildman–Crippen LogP) is 9.16. The van der Waals surface area contributed by atoms with Gasteiger partial charge in [0, 0.05) is 13.0 Å². The van der Waals surface area contributed by atoms with Gasteiger partial charge in [0.05, 0.1) is 19.8 Å². The van der Waals surface area contributed by atoms with Gasteiger partial charge >= 0.3 is 41.8 Å². The smallest absolute Gasteiger partial charge is 0.367 e. The summed E-state index contributed by atoms with van der Waals surface area (Å²) in [6.45, 7) is 4.69. The van der Waals surface area contributed by atoms with Crippen LogP contribution in [-0.2, 0) is 18.9 Å². The third-order valence-electron chi connectivity index (χ3n) is 6.87. The molecule has 0 aromatic carbocycles. The Kier molecular flexibility index (Phi) is 13.3. The van der Waals surface area contributed by atoms with Crippen LogP contribution in [0.25, 0.3) is 0 Å². The molecule has 0 amide bonds. The maximum atomic E-state index is 14.8. The van der Waals surface area contributed by atoms with Crippen molar-refractivity contribution < 1.29 is 76.0 Å². The van der Waals surface area contributed by atoms with E-state index < -0.39 is 60.2 Å². The highest BCUT2D eigenvalue weighted by atomic mass is 19.4. The second-order valence-corrected chi connectivity index (χ2v) is 10.1. The van der Waals surface area contributed by atoms with E-state index in [1.54, 1.807) is 20.8 Å². The van der Waals surface area contributed by atoms with Gasteiger partial charge in [-0.25, -0.2) is 0 Å². The second-order valence-electron chi connectivity index (χ2n) is 10.1. The zero-order chi connectivity index (χ0) is 32.7. The molecule has 1 rings (SSSR count). The molecule has 17 heteroatoms. The molecule has 0 N–H and O–H groups in total. The van der Waals surface area contributed by atoms with E-state index in [0.717, 1.165) is 0 Å². The molecule has 1 unspecified atom stereocenters. The van der Waals surface area contributed by atoms with E-state index in [0.29, 0.717) is 32.1 Å². The summed E-state index contributed by atoms with van der Waals surface area (Å²) in [6.07, 6.45) is -8.87. The van der Waals surface area contributed by atoms with Crippen molar-refractivity contribution in [2.45, 2.75) is 132 Å². The fourth-order valence-corrected chi connectivity index (χ4v) is 4.18. The van der Waals surface area contributed by atoms with Gasteiger partial charge in [-0.05, 0) is 38.5 Å². The normalized spacial score (nSPS) is 21.1. The first-order chi connectivity index (χ1) is 19.1. The van der Waals surface area contributed by atoms with Crippen LogP contribution >= 0.6 is 0 Å². The van der Waals surface area contributed by atoms with Gasteiger partial charge in [0.2, 0.25) is 0 Å². The summed E-state index contributed by atoms with van der Waals surface area (Å²) < 4.78 is 201. The summed E-state index contributed by atoms with van der Waals surface area (Å²) in [5.41, 5.74) is -2.20. The van der Waals surface area contributed by atoms with E-state index in [1.807, 2.05) is 0 Å². The minimum Gasteiger partial charge on any atom is -0.367 e. The molecule has 0 aromatic heterocycles. The molecular formula is C25H37F13O4. The van der Waals surface area contributed by atoms with Gasteiger partial charge in [-0.3, -0.25) is 0 Å². The molecule has 1 atom stereocenters. The Morgan fingerprint density at radius 2 is 1.02 bits per heavy atom. The van der Waals surface area contributed by atoms with Gasteiger partial charge in [0.15, 0.2) is 0 Å². The van der Waals surface area contributed by atoms with E-state index in [-0.39, 0.29) is 45.7 Å². The average Bonchev–Trinajstić information content (AvgIpc) is 2.88. The number of halogens is 13. The highest BCUT2D eigenvalue weighted by Gasteiger charge is 2.90. The van der Waals surface area contributed by atoms with E-state index >= 15 is 0 Å². The van der Waals surface area contributed by atoms with Gasteiger partial charge in [0.1, 0.15) is 5.60 Å². The van der Waals surface area contributed by atoms with Crippen LogP contribution in [0, 0.1) is 0 Å². The van der Waals surface area contributed by atoms with Crippen LogP contribution in [0.2, 0.25) is 0 Å². The molecule has 1 aliphatic rings. The van der Waals surface area contributed by atoms with Crippen molar-refractivity contribution >= 4 is 0 Å². The molecule has 0 aromatic rings. The molecule has 1 saturated heterocycles. The van der Waals surface area contributed by atoms with Crippen LogP contribution in [0.3, 0.4) is 0 Å². The number of hydrogen-bond donors (Lipinski definition) is 0. The highest BCUT2D eigenvalue weighted by molar-refractivity contribution is 5.10. The highest BCUT2D eigenvalue weighted by Crippen LogP contribution is 2.61. The van der Waals surface area contributed by atoms with E-state index in [4.69, 9.17) is 18.9 Å². The first-order valence-corrected chi connectivity index (χ1v) is 13.6. The molecule has 42 heavy (non-hydrogen) atoms. The molecule has 4 nitrogen and oxygen atoms in total. The standard InChI is InChI=1S/C25H37F13O4/c1-4-7-14-39-18(11-10-17-42-25(18,40-15-8-5-2)41-16-9-6-3)12-13-19(26,27)20(28,29)21(30,31)22(32,33)23(34,35)24(36,37)38/h4-17H2,1-3H3. The van der Waals surface area contributed by atoms with Crippen LogP contribution in [0.1, 0.15) is 85.0 Å². The molecule has 1 fully saturated rings. The SMILES string of the molecule is CCCCOC1(CCC(F)(F)C(F)(F)C(F)(F)C(F)(F)C(F)(F)C(F)(F)F)CCCOC1(OCCCC)OCCCC. The lowest BCUT2D eigenvalue weighted by Crippen LogP contribution is -2.70. The van der Waals surface area contributed by atoms with Gasteiger partial charge < -0.3 is 18.9 Å². The molecule has 1 aliphatic heterocycles. The monoisotopic (exact) mass is 648 g/mol. The lowest BCUT2D eigenvalue weighted by atomic mass is 9.83. The number of alkyl halides is 13. The fraction of sp³-hybridized carbons (Fsp3) is 1.00. The van der Waals surface area contributed by atoms with E-state index in [9.17, 15) is 57.1 Å². The quantitative estimate of drug-likeness (QED) is 0.0796. The Bertz CT molecular complexity index is 811. The fourth-order valence-electron chi connectivity index (χ4n) is 4.18. The van der Waals surface area contributed by atoms with E-state index in [1.165, 1.54) is 0 Å². The van der Waals surface area contributed by atoms with Gasteiger partial charge in [0.25, 0.3) is 0 Å². The minimum atomic E-state index is -7.95. The Morgan fingerprint density at radius 1 is 0.595 bits per heavy atom. The Labute approximate surface area is 235 Å². The van der Waals surface area contributed by atoms with Crippen LogP contribution < -0.4 is 0 Å². The molecule has 0 spiro atoms. The first kappa shape index (κ1) is 39.0. The van der Waals surface area contributed by atoms with Crippen molar-refractivity contribution in [3.05, 3.63) is 0 Å². The maximum absolute atomic E-state index is 14.8. The topological polar surface area (TPSA) is 36.9 Å². The first-order valence-electron chi connectivity index (χ1n) is 13.6. The van der Waals surface area contributed by atoms with Gasteiger partial charge in [-0.15, -0.1) is 0 Å². The Hall–Kier alpha value is -1.07. The van der Waals surface area contributed by atoms with Crippen molar-refractivity contribution in [2.75, 3.05) is 26.4 Å². The summed E-state index contributed by atoms with van der Waals surface area (Å²) in [7, 11) is 0. The predicted molar refractivity (Wildman–Crippen MR) is 123 cm³/mol. The summed E-state index contributed by atoms with van der Waals surface area (Å²) in [5.74, 6) is -39.5. The van der Waals surface area contributed by atoms with Crippen LogP contribution in [0.5, 0.6) is 0 Å². The third-order valence-corrected chi connectivity index (χ3v) is 6.87. The largest absolute Gasteiger partial charge is 0.460 e. The number of rotatable bonds is 19. The molecule has 0 bridgehead atoms. The molecule has 0 aliphatic carbocycles. The Morgan fingerprint density at radius 3 is 1.45 bits per heavy atom. The molecule has 0 radical (unpaired) electrons. The van der Waals surface area contributed by atoms with Crippen LogP contribution in [0.4, 0.5) is 57.1 Å². The van der Waals surface area contributed by atoms with Gasteiger partial charge in [-0.2, -0.15) is 57.1 Å². The second kappa shape index (κ2) is 14.4.